The molecule has 0 amide bonds. The van der Waals surface area contributed by atoms with Crippen LogP contribution in [0.3, 0.4) is 0 Å². The fourth-order valence-corrected chi connectivity index (χ4v) is 1.68. The van der Waals surface area contributed by atoms with Crippen molar-refractivity contribution in [2.45, 2.75) is 11.1 Å². The maximum atomic E-state index is 11.3. The minimum Gasteiger partial charge on any atom is -0.289 e. The maximum absolute atomic E-state index is 11.3. The molecule has 0 unspecified atom stereocenters. The van der Waals surface area contributed by atoms with Gasteiger partial charge in [-0.25, -0.2) is 0 Å². The van der Waals surface area contributed by atoms with Crippen molar-refractivity contribution in [3.63, 3.8) is 0 Å². The average molecular weight is 184 g/mol. The molecule has 1 heterocycles. The maximum Gasteiger partial charge on any atom is 0.190 e. The molecule has 1 rings (SSSR count). The van der Waals surface area contributed by atoms with Gasteiger partial charge in [0.15, 0.2) is 5.78 Å². The minimum absolute atomic E-state index is 0.0174. The highest BCUT2D eigenvalue weighted by Gasteiger charge is 2.10. The molecule has 3 heteroatoms. The van der Waals surface area contributed by atoms with Crippen LogP contribution in [0.5, 0.6) is 0 Å². The molecule has 0 atom stereocenters. The molecule has 1 aromatic rings. The van der Waals surface area contributed by atoms with Crippen molar-refractivity contribution < 1.29 is 4.79 Å². The molecule has 0 aliphatic rings. The van der Waals surface area contributed by atoms with Crippen LogP contribution in [-0.2, 0) is 0 Å². The highest BCUT2D eigenvalue weighted by Crippen LogP contribution is 2.22. The van der Waals surface area contributed by atoms with Gasteiger partial charge in [-0.15, -0.1) is 24.0 Å². The van der Waals surface area contributed by atoms with Gasteiger partial charge in [-0.1, -0.05) is 6.58 Å². The molecule has 0 aromatic carbocycles. The molecule has 58 valence electrons. The number of carbonyl (C=O) groups excluding carboxylic acids is 1. The predicted octanol–water partition coefficient (Wildman–Crippen LogP) is 2.80. The lowest BCUT2D eigenvalue weighted by Gasteiger charge is -1.95. The predicted molar refractivity (Wildman–Crippen MR) is 50.7 cm³/mol. The molecule has 0 aliphatic heterocycles. The summed E-state index contributed by atoms with van der Waals surface area (Å²) in [6, 6.07) is 1.77. The lowest BCUT2D eigenvalue weighted by molar-refractivity contribution is 0.103. The lowest BCUT2D eigenvalue weighted by Crippen LogP contribution is -1.97. The van der Waals surface area contributed by atoms with Gasteiger partial charge in [-0.3, -0.25) is 4.79 Å². The Bertz CT molecular complexity index is 299. The van der Waals surface area contributed by atoms with E-state index < -0.39 is 0 Å². The first-order valence-corrected chi connectivity index (χ1v) is 4.42. The van der Waals surface area contributed by atoms with Gasteiger partial charge in [0.05, 0.1) is 4.21 Å². The quantitative estimate of drug-likeness (QED) is 0.425. The highest BCUT2D eigenvalue weighted by atomic mass is 32.2. The van der Waals surface area contributed by atoms with Gasteiger partial charge >= 0.3 is 0 Å². The van der Waals surface area contributed by atoms with Crippen LogP contribution >= 0.6 is 24.0 Å². The summed E-state index contributed by atoms with van der Waals surface area (Å²) in [6.45, 7) is 5.27. The summed E-state index contributed by atoms with van der Waals surface area (Å²) < 4.78 is 0.762. The fourth-order valence-electron chi connectivity index (χ4n) is 0.704. The summed E-state index contributed by atoms with van der Waals surface area (Å²) in [7, 11) is 0. The Morgan fingerprint density at radius 2 is 2.36 bits per heavy atom. The molecule has 0 saturated carbocycles. The zero-order valence-corrected chi connectivity index (χ0v) is 7.84. The Morgan fingerprint density at radius 3 is 2.73 bits per heavy atom. The molecule has 0 saturated heterocycles. The Kier molecular flexibility index (Phi) is 2.52. The SMILES string of the molecule is C=C(C)C(=O)c1ccsc1S. The molecule has 1 nitrogen and oxygen atoms in total. The van der Waals surface area contributed by atoms with Crippen LogP contribution in [0.2, 0.25) is 0 Å². The number of carbonyl (C=O) groups is 1. The smallest absolute Gasteiger partial charge is 0.190 e. The first-order chi connectivity index (χ1) is 5.13. The Labute approximate surface area is 75.2 Å². The van der Waals surface area contributed by atoms with Gasteiger partial charge in [-0.05, 0) is 23.9 Å². The number of allylic oxidation sites excluding steroid dienone is 1. The van der Waals surface area contributed by atoms with Crippen molar-refractivity contribution in [3.05, 3.63) is 29.2 Å². The van der Waals surface area contributed by atoms with E-state index in [9.17, 15) is 4.79 Å². The largest absolute Gasteiger partial charge is 0.289 e. The fraction of sp³-hybridized carbons (Fsp3) is 0.125. The van der Waals surface area contributed by atoms with E-state index in [1.54, 1.807) is 13.0 Å². The van der Waals surface area contributed by atoms with E-state index in [1.165, 1.54) is 11.3 Å². The molecule has 0 spiro atoms. The standard InChI is InChI=1S/C8H8OS2/c1-5(2)7(9)6-3-4-11-8(6)10/h3-4,10H,1H2,2H3. The van der Waals surface area contributed by atoms with Crippen LogP contribution in [0.1, 0.15) is 17.3 Å². The van der Waals surface area contributed by atoms with E-state index in [1.807, 2.05) is 5.38 Å². The average Bonchev–Trinajstić information content (AvgIpc) is 2.33. The minimum atomic E-state index is -0.0174. The van der Waals surface area contributed by atoms with E-state index in [4.69, 9.17) is 0 Å². The van der Waals surface area contributed by atoms with Crippen LogP contribution in [0.15, 0.2) is 27.8 Å². The summed E-state index contributed by atoms with van der Waals surface area (Å²) in [4.78, 5) is 11.3. The van der Waals surface area contributed by atoms with Gasteiger partial charge in [0.2, 0.25) is 0 Å². The third-order valence-corrected chi connectivity index (χ3v) is 2.55. The third kappa shape index (κ3) is 1.73. The second kappa shape index (κ2) is 3.24. The van der Waals surface area contributed by atoms with Crippen molar-refractivity contribution in [1.29, 1.82) is 0 Å². The lowest BCUT2D eigenvalue weighted by atomic mass is 10.1. The second-order valence-electron chi connectivity index (χ2n) is 2.25. The Hall–Kier alpha value is -0.540. The first kappa shape index (κ1) is 8.56. The first-order valence-electron chi connectivity index (χ1n) is 3.09. The number of rotatable bonds is 2. The van der Waals surface area contributed by atoms with E-state index in [0.29, 0.717) is 11.1 Å². The normalized spacial score (nSPS) is 9.64. The number of Topliss-reactive ketones (excluding diaryl/α,β-unsaturated/α-hetero) is 1. The highest BCUT2D eigenvalue weighted by molar-refractivity contribution is 7.83. The summed E-state index contributed by atoms with van der Waals surface area (Å²) in [6.07, 6.45) is 0. The number of hydrogen-bond acceptors (Lipinski definition) is 3. The summed E-state index contributed by atoms with van der Waals surface area (Å²) >= 11 is 5.59. The van der Waals surface area contributed by atoms with Gasteiger partial charge in [0.25, 0.3) is 0 Å². The summed E-state index contributed by atoms with van der Waals surface area (Å²) in [5.74, 6) is -0.0174. The number of hydrogen-bond donors (Lipinski definition) is 1. The molecule has 0 bridgehead atoms. The van der Waals surface area contributed by atoms with E-state index in [2.05, 4.69) is 19.2 Å². The van der Waals surface area contributed by atoms with Crippen molar-refractivity contribution in [1.82, 2.24) is 0 Å². The molecule has 11 heavy (non-hydrogen) atoms. The number of thiol groups is 1. The van der Waals surface area contributed by atoms with E-state index >= 15 is 0 Å². The van der Waals surface area contributed by atoms with Gasteiger partial charge in [-0.2, -0.15) is 0 Å². The monoisotopic (exact) mass is 184 g/mol. The molecule has 0 N–H and O–H groups in total. The van der Waals surface area contributed by atoms with Crippen LogP contribution in [0, 0.1) is 0 Å². The van der Waals surface area contributed by atoms with Crippen molar-refractivity contribution >= 4 is 29.7 Å². The van der Waals surface area contributed by atoms with Crippen molar-refractivity contribution in [2.75, 3.05) is 0 Å². The van der Waals surface area contributed by atoms with Crippen molar-refractivity contribution in [2.24, 2.45) is 0 Å². The van der Waals surface area contributed by atoms with Gasteiger partial charge < -0.3 is 0 Å². The zero-order valence-electron chi connectivity index (χ0n) is 6.13. The molecular formula is C8H8OS2. The van der Waals surface area contributed by atoms with Gasteiger partial charge in [0, 0.05) is 5.56 Å². The molecule has 0 fully saturated rings. The second-order valence-corrected chi connectivity index (χ2v) is 3.91. The summed E-state index contributed by atoms with van der Waals surface area (Å²) in [5, 5.41) is 1.85. The van der Waals surface area contributed by atoms with Crippen LogP contribution in [-0.4, -0.2) is 5.78 Å². The van der Waals surface area contributed by atoms with E-state index in [0.717, 1.165) is 4.21 Å². The van der Waals surface area contributed by atoms with Crippen LogP contribution in [0.25, 0.3) is 0 Å². The summed E-state index contributed by atoms with van der Waals surface area (Å²) in [5.41, 5.74) is 1.21. The Balaban J connectivity index is 3.02. The van der Waals surface area contributed by atoms with Gasteiger partial charge in [0.1, 0.15) is 0 Å². The third-order valence-electron chi connectivity index (χ3n) is 1.28. The van der Waals surface area contributed by atoms with Crippen molar-refractivity contribution in [3.8, 4) is 0 Å². The molecular weight excluding hydrogens is 176 g/mol. The topological polar surface area (TPSA) is 17.1 Å². The number of ketones is 1. The molecule has 1 aromatic heterocycles. The van der Waals surface area contributed by atoms with Crippen LogP contribution in [0.4, 0.5) is 0 Å². The molecule has 0 radical (unpaired) electrons. The van der Waals surface area contributed by atoms with E-state index in [-0.39, 0.29) is 5.78 Å². The molecule has 0 aliphatic carbocycles. The zero-order chi connectivity index (χ0) is 8.43. The number of thiophene rings is 1. The van der Waals surface area contributed by atoms with Crippen LogP contribution < -0.4 is 0 Å². The Morgan fingerprint density at radius 1 is 1.73 bits per heavy atom.